The minimum atomic E-state index is -1.10. The second kappa shape index (κ2) is 7.37. The van der Waals surface area contributed by atoms with Crippen LogP contribution in [-0.4, -0.2) is 20.3 Å². The van der Waals surface area contributed by atoms with Crippen LogP contribution < -0.4 is 5.32 Å². The summed E-state index contributed by atoms with van der Waals surface area (Å²) in [6.07, 6.45) is 1.54. The molecule has 0 bridgehead atoms. The van der Waals surface area contributed by atoms with Crippen LogP contribution in [0, 0.1) is 20.2 Å². The first-order valence-electron chi connectivity index (χ1n) is 6.56. The van der Waals surface area contributed by atoms with Gasteiger partial charge in [0.2, 0.25) is 0 Å². The van der Waals surface area contributed by atoms with Crippen molar-refractivity contribution in [2.45, 2.75) is 5.75 Å². The number of nitro benzene ring substituents is 2. The third-order valence-electron chi connectivity index (χ3n) is 3.07. The third kappa shape index (κ3) is 4.27. The van der Waals surface area contributed by atoms with E-state index in [1.807, 2.05) is 0 Å². The lowest BCUT2D eigenvalue weighted by Gasteiger charge is -2.10. The summed E-state index contributed by atoms with van der Waals surface area (Å²) >= 11 is 6.04. The highest BCUT2D eigenvalue weighted by atomic mass is 35.5. The molecule has 126 valence electrons. The highest BCUT2D eigenvalue weighted by Gasteiger charge is 2.19. The number of benzene rings is 2. The fraction of sp³-hybridized carbons (Fsp3) is 0.143. The van der Waals surface area contributed by atoms with Crippen LogP contribution in [0.2, 0.25) is 5.02 Å². The fourth-order valence-corrected chi connectivity index (χ4v) is 2.97. The number of hydrogen-bond acceptors (Lipinski definition) is 6. The predicted molar refractivity (Wildman–Crippen MR) is 92.3 cm³/mol. The Bertz CT molecular complexity index is 843. The molecule has 1 unspecified atom stereocenters. The number of hydrogen-bond donors (Lipinski definition) is 1. The van der Waals surface area contributed by atoms with Crippen molar-refractivity contribution >= 4 is 45.2 Å². The quantitative estimate of drug-likeness (QED) is 0.611. The zero-order chi connectivity index (χ0) is 17.9. The molecule has 0 fully saturated rings. The van der Waals surface area contributed by atoms with Gasteiger partial charge in [0.05, 0.1) is 15.9 Å². The van der Waals surface area contributed by atoms with Crippen LogP contribution in [-0.2, 0) is 16.6 Å². The average Bonchev–Trinajstić information content (AvgIpc) is 2.50. The lowest BCUT2D eigenvalue weighted by atomic mass is 10.2. The first-order valence-corrected chi connectivity index (χ1v) is 8.66. The Balaban J connectivity index is 2.39. The molecule has 0 saturated carbocycles. The molecule has 0 radical (unpaired) electrons. The Morgan fingerprint density at radius 1 is 1.12 bits per heavy atom. The van der Waals surface area contributed by atoms with Crippen LogP contribution in [0.15, 0.2) is 36.4 Å². The van der Waals surface area contributed by atoms with Gasteiger partial charge in [0.25, 0.3) is 11.4 Å². The second-order valence-corrected chi connectivity index (χ2v) is 6.71. The van der Waals surface area contributed by atoms with Crippen LogP contribution in [0.1, 0.15) is 5.56 Å². The highest BCUT2D eigenvalue weighted by molar-refractivity contribution is 7.83. The van der Waals surface area contributed by atoms with Gasteiger partial charge >= 0.3 is 0 Å². The van der Waals surface area contributed by atoms with Gasteiger partial charge < -0.3 is 5.32 Å². The van der Waals surface area contributed by atoms with E-state index in [0.717, 1.165) is 6.07 Å². The van der Waals surface area contributed by atoms with E-state index in [2.05, 4.69) is 5.32 Å². The summed E-state index contributed by atoms with van der Waals surface area (Å²) in [4.78, 5) is 20.5. The molecule has 0 aliphatic rings. The van der Waals surface area contributed by atoms with E-state index < -0.39 is 26.3 Å². The SMILES string of the molecule is CS(=O)Cc1cc(Nc2ccc([N+](=O)[O-])cc2[N+](=O)[O-])ccc1Cl. The second-order valence-electron chi connectivity index (χ2n) is 4.86. The van der Waals surface area contributed by atoms with Crippen molar-refractivity contribution in [3.8, 4) is 0 Å². The lowest BCUT2D eigenvalue weighted by molar-refractivity contribution is -0.393. The zero-order valence-corrected chi connectivity index (χ0v) is 14.0. The predicted octanol–water partition coefficient (Wildman–Crippen LogP) is 3.78. The molecule has 0 aliphatic heterocycles. The summed E-state index contributed by atoms with van der Waals surface area (Å²) in [6.45, 7) is 0. The van der Waals surface area contributed by atoms with Gasteiger partial charge in [0.15, 0.2) is 0 Å². The molecule has 0 aliphatic carbocycles. The van der Waals surface area contributed by atoms with E-state index in [1.165, 1.54) is 18.4 Å². The number of nitro groups is 2. The minimum Gasteiger partial charge on any atom is -0.350 e. The summed E-state index contributed by atoms with van der Waals surface area (Å²) in [5.74, 6) is 0.247. The largest absolute Gasteiger partial charge is 0.350 e. The Labute approximate surface area is 144 Å². The molecule has 0 amide bonds. The number of nitrogens with one attached hydrogen (secondary N) is 1. The summed E-state index contributed by atoms with van der Waals surface area (Å²) in [5, 5.41) is 25.2. The normalized spacial score (nSPS) is 11.8. The van der Waals surface area contributed by atoms with Crippen molar-refractivity contribution < 1.29 is 14.1 Å². The number of rotatable bonds is 6. The van der Waals surface area contributed by atoms with Crippen molar-refractivity contribution in [3.63, 3.8) is 0 Å². The van der Waals surface area contributed by atoms with Crippen molar-refractivity contribution in [1.29, 1.82) is 0 Å². The maximum atomic E-state index is 11.4. The van der Waals surface area contributed by atoms with Crippen LogP contribution in [0.5, 0.6) is 0 Å². The van der Waals surface area contributed by atoms with Crippen LogP contribution in [0.3, 0.4) is 0 Å². The maximum Gasteiger partial charge on any atom is 0.299 e. The Kier molecular flexibility index (Phi) is 5.47. The number of nitrogens with zero attached hydrogens (tertiary/aromatic N) is 2. The topological polar surface area (TPSA) is 115 Å². The molecule has 0 heterocycles. The van der Waals surface area contributed by atoms with Crippen LogP contribution in [0.4, 0.5) is 22.7 Å². The van der Waals surface area contributed by atoms with Gasteiger partial charge in [-0.3, -0.25) is 24.4 Å². The molecule has 2 aromatic rings. The van der Waals surface area contributed by atoms with E-state index >= 15 is 0 Å². The van der Waals surface area contributed by atoms with Gasteiger partial charge in [0, 0.05) is 39.6 Å². The standard InChI is InChI=1S/C14H12ClN3O5S/c1-24(23)8-9-6-10(2-4-12(9)15)16-13-5-3-11(17(19)20)7-14(13)18(21)22/h2-7,16H,8H2,1H3. The molecular weight excluding hydrogens is 358 g/mol. The molecule has 8 nitrogen and oxygen atoms in total. The molecule has 10 heteroatoms. The van der Waals surface area contributed by atoms with E-state index in [-0.39, 0.29) is 17.1 Å². The molecule has 0 spiro atoms. The molecule has 1 N–H and O–H groups in total. The molecule has 0 saturated heterocycles. The molecule has 0 aromatic heterocycles. The lowest BCUT2D eigenvalue weighted by Crippen LogP contribution is -2.00. The highest BCUT2D eigenvalue weighted by Crippen LogP contribution is 2.32. The zero-order valence-electron chi connectivity index (χ0n) is 12.4. The van der Waals surface area contributed by atoms with Gasteiger partial charge in [-0.05, 0) is 29.8 Å². The minimum absolute atomic E-state index is 0.108. The van der Waals surface area contributed by atoms with Gasteiger partial charge in [0.1, 0.15) is 5.69 Å². The van der Waals surface area contributed by atoms with Gasteiger partial charge in [-0.1, -0.05) is 11.6 Å². The first-order chi connectivity index (χ1) is 11.3. The fourth-order valence-electron chi connectivity index (χ4n) is 2.03. The molecule has 1 atom stereocenters. The number of non-ortho nitro benzene ring substituents is 1. The van der Waals surface area contributed by atoms with Crippen molar-refractivity contribution in [1.82, 2.24) is 0 Å². The molecular formula is C14H12ClN3O5S. The summed E-state index contributed by atoms with van der Waals surface area (Å²) < 4.78 is 11.4. The smallest absolute Gasteiger partial charge is 0.299 e. The molecule has 2 rings (SSSR count). The van der Waals surface area contributed by atoms with Crippen molar-refractivity contribution in [2.75, 3.05) is 11.6 Å². The number of anilines is 2. The van der Waals surface area contributed by atoms with Crippen molar-refractivity contribution in [2.24, 2.45) is 0 Å². The van der Waals surface area contributed by atoms with Gasteiger partial charge in [-0.25, -0.2) is 0 Å². The first kappa shape index (κ1) is 17.8. The summed E-state index contributed by atoms with van der Waals surface area (Å²) in [7, 11) is -1.10. The van der Waals surface area contributed by atoms with E-state index in [0.29, 0.717) is 16.3 Å². The Morgan fingerprint density at radius 2 is 1.83 bits per heavy atom. The van der Waals surface area contributed by atoms with Crippen molar-refractivity contribution in [3.05, 3.63) is 67.2 Å². The molecule has 24 heavy (non-hydrogen) atoms. The Hall–Kier alpha value is -2.52. The van der Waals surface area contributed by atoms with E-state index in [4.69, 9.17) is 11.6 Å². The van der Waals surface area contributed by atoms with E-state index in [9.17, 15) is 24.4 Å². The van der Waals surface area contributed by atoms with Crippen LogP contribution in [0.25, 0.3) is 0 Å². The summed E-state index contributed by atoms with van der Waals surface area (Å²) in [5.41, 5.74) is 0.450. The average molecular weight is 370 g/mol. The van der Waals surface area contributed by atoms with E-state index in [1.54, 1.807) is 18.2 Å². The maximum absolute atomic E-state index is 11.4. The van der Waals surface area contributed by atoms with Gasteiger partial charge in [-0.15, -0.1) is 0 Å². The Morgan fingerprint density at radius 3 is 2.42 bits per heavy atom. The molecule has 2 aromatic carbocycles. The summed E-state index contributed by atoms with van der Waals surface area (Å²) in [6, 6.07) is 8.16. The number of halogens is 1. The third-order valence-corrected chi connectivity index (χ3v) is 4.16. The van der Waals surface area contributed by atoms with Crippen LogP contribution >= 0.6 is 11.6 Å². The monoisotopic (exact) mass is 369 g/mol. The van der Waals surface area contributed by atoms with Gasteiger partial charge in [-0.2, -0.15) is 0 Å².